The second kappa shape index (κ2) is 4.31. The van der Waals surface area contributed by atoms with Crippen molar-refractivity contribution in [3.63, 3.8) is 0 Å². The lowest BCUT2D eigenvalue weighted by atomic mass is 9.89. The highest BCUT2D eigenvalue weighted by atomic mass is 16.5. The van der Waals surface area contributed by atoms with Gasteiger partial charge in [0, 0.05) is 6.04 Å². The molecule has 1 N–H and O–H groups in total. The normalized spacial score (nSPS) is 36.2. The first-order chi connectivity index (χ1) is 8.63. The van der Waals surface area contributed by atoms with Crippen molar-refractivity contribution in [1.82, 2.24) is 14.8 Å². The van der Waals surface area contributed by atoms with Crippen LogP contribution in [0.4, 0.5) is 0 Å². The average molecular weight is 251 g/mol. The fourth-order valence-corrected chi connectivity index (χ4v) is 3.11. The van der Waals surface area contributed by atoms with Crippen molar-refractivity contribution in [2.24, 2.45) is 5.92 Å². The zero-order valence-corrected chi connectivity index (χ0v) is 11.2. The Morgan fingerprint density at radius 1 is 1.22 bits per heavy atom. The first-order valence-electron chi connectivity index (χ1n) is 6.83. The van der Waals surface area contributed by atoms with Crippen molar-refractivity contribution in [3.8, 4) is 0 Å². The third-order valence-corrected chi connectivity index (χ3v) is 4.39. The third-order valence-electron chi connectivity index (χ3n) is 4.39. The van der Waals surface area contributed by atoms with Crippen molar-refractivity contribution in [1.29, 1.82) is 0 Å². The molecule has 1 aromatic heterocycles. The summed E-state index contributed by atoms with van der Waals surface area (Å²) in [6.45, 7) is 6.40. The minimum atomic E-state index is -0.0323. The molecule has 1 saturated carbocycles. The van der Waals surface area contributed by atoms with E-state index in [9.17, 15) is 5.11 Å². The molecule has 1 saturated heterocycles. The van der Waals surface area contributed by atoms with Crippen molar-refractivity contribution in [3.05, 3.63) is 11.6 Å². The first kappa shape index (κ1) is 12.1. The lowest BCUT2D eigenvalue weighted by Crippen LogP contribution is -2.20. The molecule has 100 valence electrons. The molecule has 4 unspecified atom stereocenters. The Balaban J connectivity index is 1.98. The maximum absolute atomic E-state index is 9.38. The van der Waals surface area contributed by atoms with Gasteiger partial charge < -0.3 is 14.4 Å². The van der Waals surface area contributed by atoms with Crippen LogP contribution in [0.3, 0.4) is 0 Å². The van der Waals surface area contributed by atoms with Gasteiger partial charge in [0.15, 0.2) is 5.82 Å². The molecule has 18 heavy (non-hydrogen) atoms. The van der Waals surface area contributed by atoms with E-state index in [0.717, 1.165) is 5.82 Å². The lowest BCUT2D eigenvalue weighted by Gasteiger charge is -2.19. The molecule has 4 atom stereocenters. The zero-order chi connectivity index (χ0) is 12.9. The SMILES string of the molecule is CC1OC(C)C(c2nnc(CO)n2C2CC2)C1C. The van der Waals surface area contributed by atoms with Crippen LogP contribution in [-0.2, 0) is 11.3 Å². The molecule has 3 rings (SSSR count). The Bertz CT molecular complexity index is 441. The quantitative estimate of drug-likeness (QED) is 0.887. The smallest absolute Gasteiger partial charge is 0.159 e. The van der Waals surface area contributed by atoms with E-state index in [4.69, 9.17) is 4.74 Å². The van der Waals surface area contributed by atoms with E-state index in [1.54, 1.807) is 0 Å². The molecule has 2 aliphatic rings. The van der Waals surface area contributed by atoms with Crippen LogP contribution in [0.5, 0.6) is 0 Å². The van der Waals surface area contributed by atoms with Crippen LogP contribution < -0.4 is 0 Å². The van der Waals surface area contributed by atoms with Gasteiger partial charge in [-0.1, -0.05) is 6.92 Å². The van der Waals surface area contributed by atoms with E-state index in [-0.39, 0.29) is 24.7 Å². The summed E-state index contributed by atoms with van der Waals surface area (Å²) < 4.78 is 8.05. The van der Waals surface area contributed by atoms with Gasteiger partial charge in [0.25, 0.3) is 0 Å². The van der Waals surface area contributed by atoms with E-state index in [0.29, 0.717) is 17.8 Å². The van der Waals surface area contributed by atoms with Crippen LogP contribution in [-0.4, -0.2) is 32.1 Å². The summed E-state index contributed by atoms with van der Waals surface area (Å²) in [6.07, 6.45) is 2.77. The number of ether oxygens (including phenoxy) is 1. The summed E-state index contributed by atoms with van der Waals surface area (Å²) in [5.41, 5.74) is 0. The van der Waals surface area contributed by atoms with Crippen LogP contribution >= 0.6 is 0 Å². The number of hydrogen-bond donors (Lipinski definition) is 1. The fraction of sp³-hybridized carbons (Fsp3) is 0.846. The molecule has 1 aromatic rings. The van der Waals surface area contributed by atoms with Gasteiger partial charge in [0.1, 0.15) is 12.4 Å². The number of aliphatic hydroxyl groups is 1. The van der Waals surface area contributed by atoms with Gasteiger partial charge in [-0.05, 0) is 32.6 Å². The third kappa shape index (κ3) is 1.77. The van der Waals surface area contributed by atoms with Gasteiger partial charge >= 0.3 is 0 Å². The number of aliphatic hydroxyl groups excluding tert-OH is 1. The highest BCUT2D eigenvalue weighted by Gasteiger charge is 2.43. The Labute approximate surface area is 107 Å². The fourth-order valence-electron chi connectivity index (χ4n) is 3.11. The number of aromatic nitrogens is 3. The number of rotatable bonds is 3. The molecule has 0 spiro atoms. The minimum absolute atomic E-state index is 0.0323. The van der Waals surface area contributed by atoms with E-state index in [2.05, 4.69) is 35.5 Å². The predicted octanol–water partition coefficient (Wildman–Crippen LogP) is 1.63. The van der Waals surface area contributed by atoms with Gasteiger partial charge in [-0.3, -0.25) is 0 Å². The second-order valence-corrected chi connectivity index (χ2v) is 5.66. The van der Waals surface area contributed by atoms with E-state index in [1.165, 1.54) is 12.8 Å². The summed E-state index contributed by atoms with van der Waals surface area (Å²) in [5.74, 6) is 2.43. The Morgan fingerprint density at radius 2 is 1.94 bits per heavy atom. The summed E-state index contributed by atoms with van der Waals surface area (Å²) in [5, 5.41) is 17.9. The van der Waals surface area contributed by atoms with Gasteiger partial charge in [-0.2, -0.15) is 0 Å². The first-order valence-corrected chi connectivity index (χ1v) is 6.83. The number of hydrogen-bond acceptors (Lipinski definition) is 4. The molecular weight excluding hydrogens is 230 g/mol. The van der Waals surface area contributed by atoms with E-state index >= 15 is 0 Å². The molecule has 1 aliphatic heterocycles. The molecule has 0 aromatic carbocycles. The zero-order valence-electron chi connectivity index (χ0n) is 11.2. The van der Waals surface area contributed by atoms with Crippen LogP contribution in [0, 0.1) is 5.92 Å². The van der Waals surface area contributed by atoms with Crippen LogP contribution in [0.1, 0.15) is 57.2 Å². The van der Waals surface area contributed by atoms with Crippen molar-refractivity contribution in [2.45, 2.75) is 64.4 Å². The highest BCUT2D eigenvalue weighted by Crippen LogP contribution is 2.43. The van der Waals surface area contributed by atoms with Crippen molar-refractivity contribution in [2.75, 3.05) is 0 Å². The summed E-state index contributed by atoms with van der Waals surface area (Å²) in [6, 6.07) is 0.493. The predicted molar refractivity (Wildman–Crippen MR) is 66.1 cm³/mol. The maximum atomic E-state index is 9.38. The molecule has 2 heterocycles. The van der Waals surface area contributed by atoms with Crippen LogP contribution in [0.25, 0.3) is 0 Å². The van der Waals surface area contributed by atoms with Gasteiger partial charge in [-0.25, -0.2) is 0 Å². The monoisotopic (exact) mass is 251 g/mol. The lowest BCUT2D eigenvalue weighted by molar-refractivity contribution is 0.0551. The van der Waals surface area contributed by atoms with E-state index < -0.39 is 0 Å². The molecular formula is C13H21N3O2. The molecule has 5 nitrogen and oxygen atoms in total. The number of nitrogens with zero attached hydrogens (tertiary/aromatic N) is 3. The van der Waals surface area contributed by atoms with E-state index in [1.807, 2.05) is 0 Å². The topological polar surface area (TPSA) is 60.2 Å². The largest absolute Gasteiger partial charge is 0.388 e. The maximum Gasteiger partial charge on any atom is 0.159 e. The van der Waals surface area contributed by atoms with Crippen LogP contribution in [0.2, 0.25) is 0 Å². The summed E-state index contributed by atoms with van der Waals surface area (Å²) >= 11 is 0. The van der Waals surface area contributed by atoms with Gasteiger partial charge in [0.2, 0.25) is 0 Å². The Kier molecular flexibility index (Phi) is 2.90. The molecule has 5 heteroatoms. The summed E-state index contributed by atoms with van der Waals surface area (Å²) in [4.78, 5) is 0. The molecule has 2 fully saturated rings. The highest BCUT2D eigenvalue weighted by molar-refractivity contribution is 5.12. The Morgan fingerprint density at radius 3 is 2.44 bits per heavy atom. The summed E-state index contributed by atoms with van der Waals surface area (Å²) in [7, 11) is 0. The van der Waals surface area contributed by atoms with Crippen molar-refractivity contribution < 1.29 is 9.84 Å². The molecule has 0 bridgehead atoms. The van der Waals surface area contributed by atoms with Gasteiger partial charge in [-0.15, -0.1) is 10.2 Å². The minimum Gasteiger partial charge on any atom is -0.388 e. The van der Waals surface area contributed by atoms with Crippen molar-refractivity contribution >= 4 is 0 Å². The Hall–Kier alpha value is -0.940. The second-order valence-electron chi connectivity index (χ2n) is 5.66. The van der Waals surface area contributed by atoms with Crippen LogP contribution in [0.15, 0.2) is 0 Å². The molecule has 0 radical (unpaired) electrons. The standard InChI is InChI=1S/C13H21N3O2/c1-7-8(2)18-9(3)12(7)13-15-14-11(6-17)16(13)10-4-5-10/h7-10,12,17H,4-6H2,1-3H3. The average Bonchev–Trinajstić information content (AvgIpc) is 3.04. The molecule has 0 amide bonds. The van der Waals surface area contributed by atoms with Gasteiger partial charge in [0.05, 0.1) is 18.1 Å². The molecule has 1 aliphatic carbocycles.